The molecule has 0 aliphatic carbocycles. The number of halogens is 1. The number of rotatable bonds is 4. The topological polar surface area (TPSA) is 58.2 Å². The maximum absolute atomic E-state index is 11.9. The maximum Gasteiger partial charge on any atom is 0.251 e. The second-order valence-corrected chi connectivity index (χ2v) is 4.90. The van der Waals surface area contributed by atoms with E-state index in [1.54, 1.807) is 48.5 Å². The Morgan fingerprint density at radius 2 is 1.86 bits per heavy atom. The molecule has 2 aromatic rings. The maximum atomic E-state index is 11.9. The van der Waals surface area contributed by atoms with Gasteiger partial charge >= 0.3 is 0 Å². The highest BCUT2D eigenvalue weighted by Gasteiger charge is 2.08. The summed E-state index contributed by atoms with van der Waals surface area (Å²) < 4.78 is 0. The van der Waals surface area contributed by atoms with Crippen LogP contribution in [0.5, 0.6) is 0 Å². The summed E-state index contributed by atoms with van der Waals surface area (Å²) in [6, 6.07) is 13.3. The van der Waals surface area contributed by atoms with Crippen molar-refractivity contribution in [2.24, 2.45) is 0 Å². The van der Waals surface area contributed by atoms with E-state index >= 15 is 0 Å². The van der Waals surface area contributed by atoms with Gasteiger partial charge in [-0.25, -0.2) is 0 Å². The number of hydrogen-bond acceptors (Lipinski definition) is 2. The zero-order valence-electron chi connectivity index (χ0n) is 11.6. The minimum Gasteiger partial charge on any atom is -0.343 e. The monoisotopic (exact) mass is 312 g/mol. The molecule has 2 aromatic carbocycles. The Balaban J connectivity index is 1.88. The van der Waals surface area contributed by atoms with Crippen LogP contribution < -0.4 is 10.6 Å². The molecule has 4 nitrogen and oxygen atoms in total. The van der Waals surface area contributed by atoms with Crippen molar-refractivity contribution in [3.8, 4) is 12.3 Å². The summed E-state index contributed by atoms with van der Waals surface area (Å²) in [5.41, 5.74) is 1.69. The average molecular weight is 313 g/mol. The molecule has 0 unspecified atom stereocenters. The number of nitrogens with one attached hydrogen (secondary N) is 2. The molecule has 0 bridgehead atoms. The fourth-order valence-electron chi connectivity index (χ4n) is 1.76. The molecule has 0 saturated carbocycles. The van der Waals surface area contributed by atoms with E-state index in [1.807, 2.05) is 0 Å². The molecule has 0 fully saturated rings. The van der Waals surface area contributed by atoms with Crippen LogP contribution in [0.1, 0.15) is 15.9 Å². The van der Waals surface area contributed by atoms with E-state index in [0.29, 0.717) is 21.8 Å². The van der Waals surface area contributed by atoms with Crippen LogP contribution >= 0.6 is 11.6 Å². The van der Waals surface area contributed by atoms with Gasteiger partial charge < -0.3 is 10.6 Å². The van der Waals surface area contributed by atoms with E-state index in [-0.39, 0.29) is 18.4 Å². The zero-order chi connectivity index (χ0) is 15.9. The Morgan fingerprint density at radius 1 is 1.14 bits per heavy atom. The highest BCUT2D eigenvalue weighted by Crippen LogP contribution is 2.10. The van der Waals surface area contributed by atoms with Crippen molar-refractivity contribution in [1.29, 1.82) is 0 Å². The summed E-state index contributed by atoms with van der Waals surface area (Å²) >= 11 is 5.75. The minimum absolute atomic E-state index is 0.137. The molecular weight excluding hydrogens is 300 g/mol. The van der Waals surface area contributed by atoms with Crippen LogP contribution in [0.3, 0.4) is 0 Å². The molecule has 22 heavy (non-hydrogen) atoms. The molecule has 0 aliphatic rings. The molecule has 5 heteroatoms. The first-order valence-corrected chi connectivity index (χ1v) is 6.86. The second-order valence-electron chi connectivity index (χ2n) is 4.46. The lowest BCUT2D eigenvalue weighted by atomic mass is 10.2. The molecular formula is C17H13ClN2O2. The minimum atomic E-state index is -0.343. The van der Waals surface area contributed by atoms with Crippen LogP contribution in [0.15, 0.2) is 48.5 Å². The molecule has 0 saturated heterocycles. The molecule has 2 N–H and O–H groups in total. The van der Waals surface area contributed by atoms with E-state index in [0.717, 1.165) is 0 Å². The van der Waals surface area contributed by atoms with Crippen molar-refractivity contribution in [2.75, 3.05) is 11.9 Å². The lowest BCUT2D eigenvalue weighted by Crippen LogP contribution is -2.32. The summed E-state index contributed by atoms with van der Waals surface area (Å²) in [5.74, 6) is 1.81. The number of hydrogen-bond donors (Lipinski definition) is 2. The Kier molecular flexibility index (Phi) is 5.18. The van der Waals surface area contributed by atoms with Gasteiger partial charge in [-0.2, -0.15) is 0 Å². The molecule has 0 spiro atoms. The number of carbonyl (C=O) groups excluding carboxylic acids is 2. The SMILES string of the molecule is C#Cc1cccc(NC(=O)CNC(=O)c2ccc(Cl)cc2)c1. The van der Waals surface area contributed by atoms with E-state index in [4.69, 9.17) is 18.0 Å². The van der Waals surface area contributed by atoms with Gasteiger partial charge in [0, 0.05) is 21.8 Å². The molecule has 2 amide bonds. The third-order valence-electron chi connectivity index (χ3n) is 2.83. The summed E-state index contributed by atoms with van der Waals surface area (Å²) in [5, 5.41) is 5.74. The lowest BCUT2D eigenvalue weighted by Gasteiger charge is -2.07. The van der Waals surface area contributed by atoms with E-state index in [1.165, 1.54) is 0 Å². The van der Waals surface area contributed by atoms with Crippen molar-refractivity contribution in [2.45, 2.75) is 0 Å². The number of anilines is 1. The Hall–Kier alpha value is -2.77. The van der Waals surface area contributed by atoms with Crippen molar-refractivity contribution in [1.82, 2.24) is 5.32 Å². The van der Waals surface area contributed by atoms with Crippen LogP contribution in [-0.4, -0.2) is 18.4 Å². The van der Waals surface area contributed by atoms with Crippen molar-refractivity contribution in [3.63, 3.8) is 0 Å². The molecule has 2 rings (SSSR count). The second kappa shape index (κ2) is 7.30. The quantitative estimate of drug-likeness (QED) is 0.853. The van der Waals surface area contributed by atoms with Gasteiger partial charge in [0.05, 0.1) is 6.54 Å². The summed E-state index contributed by atoms with van der Waals surface area (Å²) in [7, 11) is 0. The molecule has 0 radical (unpaired) electrons. The smallest absolute Gasteiger partial charge is 0.251 e. The predicted molar refractivity (Wildman–Crippen MR) is 86.8 cm³/mol. The fraction of sp³-hybridized carbons (Fsp3) is 0.0588. The van der Waals surface area contributed by atoms with Crippen LogP contribution in [-0.2, 0) is 4.79 Å². The van der Waals surface area contributed by atoms with Crippen molar-refractivity contribution in [3.05, 3.63) is 64.7 Å². The van der Waals surface area contributed by atoms with Gasteiger partial charge in [-0.3, -0.25) is 9.59 Å². The van der Waals surface area contributed by atoms with Gasteiger partial charge in [0.1, 0.15) is 0 Å². The summed E-state index contributed by atoms with van der Waals surface area (Å²) in [6.45, 7) is -0.137. The van der Waals surface area contributed by atoms with Gasteiger partial charge in [0.15, 0.2) is 0 Å². The fourth-order valence-corrected chi connectivity index (χ4v) is 1.88. The summed E-state index contributed by atoms with van der Waals surface area (Å²) in [4.78, 5) is 23.7. The van der Waals surface area contributed by atoms with Crippen molar-refractivity contribution < 1.29 is 9.59 Å². The van der Waals surface area contributed by atoms with E-state index in [2.05, 4.69) is 16.6 Å². The number of terminal acetylenes is 1. The Morgan fingerprint density at radius 3 is 2.55 bits per heavy atom. The van der Waals surface area contributed by atoms with E-state index < -0.39 is 0 Å². The van der Waals surface area contributed by atoms with Gasteiger partial charge in [0.2, 0.25) is 5.91 Å². The molecule has 0 heterocycles. The largest absolute Gasteiger partial charge is 0.343 e. The van der Waals surface area contributed by atoms with E-state index in [9.17, 15) is 9.59 Å². The number of carbonyl (C=O) groups is 2. The average Bonchev–Trinajstić information content (AvgIpc) is 2.53. The Bertz CT molecular complexity index is 733. The summed E-state index contributed by atoms with van der Waals surface area (Å²) in [6.07, 6.45) is 5.29. The first-order valence-electron chi connectivity index (χ1n) is 6.49. The van der Waals surface area contributed by atoms with Gasteiger partial charge in [0.25, 0.3) is 5.91 Å². The molecule has 0 aromatic heterocycles. The van der Waals surface area contributed by atoms with Crippen LogP contribution in [0.4, 0.5) is 5.69 Å². The standard InChI is InChI=1S/C17H13ClN2O2/c1-2-12-4-3-5-15(10-12)20-16(21)11-19-17(22)13-6-8-14(18)9-7-13/h1,3-10H,11H2,(H,19,22)(H,20,21). The van der Waals surface area contributed by atoms with Crippen molar-refractivity contribution >= 4 is 29.1 Å². The van der Waals surface area contributed by atoms with Crippen LogP contribution in [0.25, 0.3) is 0 Å². The van der Waals surface area contributed by atoms with Gasteiger partial charge in [-0.1, -0.05) is 23.6 Å². The van der Waals surface area contributed by atoms with Gasteiger partial charge in [-0.15, -0.1) is 6.42 Å². The van der Waals surface area contributed by atoms with Gasteiger partial charge in [-0.05, 0) is 42.5 Å². The highest BCUT2D eigenvalue weighted by molar-refractivity contribution is 6.30. The first kappa shape index (κ1) is 15.6. The Labute approximate surface area is 133 Å². The highest BCUT2D eigenvalue weighted by atomic mass is 35.5. The zero-order valence-corrected chi connectivity index (χ0v) is 12.4. The number of amides is 2. The van der Waals surface area contributed by atoms with Crippen LogP contribution in [0.2, 0.25) is 5.02 Å². The molecule has 0 aliphatic heterocycles. The first-order chi connectivity index (χ1) is 10.6. The lowest BCUT2D eigenvalue weighted by molar-refractivity contribution is -0.115. The third kappa shape index (κ3) is 4.37. The normalized spacial score (nSPS) is 9.64. The number of benzene rings is 2. The molecule has 110 valence electrons. The van der Waals surface area contributed by atoms with Crippen LogP contribution in [0, 0.1) is 12.3 Å². The molecule has 0 atom stereocenters. The predicted octanol–water partition coefficient (Wildman–Crippen LogP) is 2.69. The third-order valence-corrected chi connectivity index (χ3v) is 3.08.